The highest BCUT2D eigenvalue weighted by molar-refractivity contribution is 6.04. The maximum atomic E-state index is 13.4. The molecule has 2 aromatic rings. The smallest absolute Gasteiger partial charge is 0.338 e. The van der Waals surface area contributed by atoms with Crippen molar-refractivity contribution in [1.29, 1.82) is 0 Å². The first kappa shape index (κ1) is 15.1. The summed E-state index contributed by atoms with van der Waals surface area (Å²) in [6.07, 6.45) is 3.15. The average Bonchev–Trinajstić information content (AvgIpc) is 3.20. The van der Waals surface area contributed by atoms with Gasteiger partial charge in [0.1, 0.15) is 17.8 Å². The van der Waals surface area contributed by atoms with Gasteiger partial charge in [-0.3, -0.25) is 4.79 Å². The standard InChI is InChI=1S/C16H14FNO5/c17-11-3-4-12(13(6-11)22-7-9-1-2-9)18-15(19)14-5-10(8-23-14)16(20)21/h3-6,8-9H,1-2,7H2,(H,18,19)(H,20,21). The van der Waals surface area contributed by atoms with E-state index in [-0.39, 0.29) is 17.1 Å². The van der Waals surface area contributed by atoms with E-state index in [9.17, 15) is 14.0 Å². The molecule has 0 saturated heterocycles. The number of hydrogen-bond donors (Lipinski definition) is 2. The molecule has 6 nitrogen and oxygen atoms in total. The van der Waals surface area contributed by atoms with E-state index in [0.29, 0.717) is 18.2 Å². The summed E-state index contributed by atoms with van der Waals surface area (Å²) in [5.74, 6) is -1.75. The molecule has 0 radical (unpaired) electrons. The molecule has 0 atom stereocenters. The van der Waals surface area contributed by atoms with Crippen LogP contribution < -0.4 is 10.1 Å². The second-order valence-corrected chi connectivity index (χ2v) is 5.35. The zero-order valence-corrected chi connectivity index (χ0v) is 12.0. The van der Waals surface area contributed by atoms with Crippen molar-refractivity contribution in [3.8, 4) is 5.75 Å². The number of nitrogens with one attached hydrogen (secondary N) is 1. The quantitative estimate of drug-likeness (QED) is 0.854. The monoisotopic (exact) mass is 319 g/mol. The lowest BCUT2D eigenvalue weighted by Gasteiger charge is -2.11. The Kier molecular flexibility index (Phi) is 4.01. The molecule has 7 heteroatoms. The van der Waals surface area contributed by atoms with Crippen LogP contribution in [0, 0.1) is 11.7 Å². The van der Waals surface area contributed by atoms with Crippen molar-refractivity contribution in [3.05, 3.63) is 47.7 Å². The second-order valence-electron chi connectivity index (χ2n) is 5.35. The fraction of sp³-hybridized carbons (Fsp3) is 0.250. The van der Waals surface area contributed by atoms with E-state index in [2.05, 4.69) is 5.32 Å². The van der Waals surface area contributed by atoms with Crippen LogP contribution in [0.3, 0.4) is 0 Å². The van der Waals surface area contributed by atoms with E-state index >= 15 is 0 Å². The van der Waals surface area contributed by atoms with Gasteiger partial charge in [0.25, 0.3) is 5.91 Å². The van der Waals surface area contributed by atoms with Crippen LogP contribution >= 0.6 is 0 Å². The number of halogens is 1. The third kappa shape index (κ3) is 3.68. The van der Waals surface area contributed by atoms with Crippen molar-refractivity contribution < 1.29 is 28.2 Å². The van der Waals surface area contributed by atoms with Crippen LogP contribution in [0.25, 0.3) is 0 Å². The first-order valence-electron chi connectivity index (χ1n) is 7.08. The molecule has 1 aliphatic carbocycles. The van der Waals surface area contributed by atoms with Gasteiger partial charge in [0.05, 0.1) is 17.9 Å². The molecule has 0 unspecified atom stereocenters. The molecule has 1 fully saturated rings. The number of ether oxygens (including phenoxy) is 1. The lowest BCUT2D eigenvalue weighted by molar-refractivity contribution is 0.0696. The Labute approximate surface area is 130 Å². The van der Waals surface area contributed by atoms with Crippen molar-refractivity contribution in [1.82, 2.24) is 0 Å². The molecule has 3 rings (SSSR count). The van der Waals surface area contributed by atoms with Gasteiger partial charge in [-0.1, -0.05) is 0 Å². The Morgan fingerprint density at radius 1 is 1.35 bits per heavy atom. The number of hydrogen-bond acceptors (Lipinski definition) is 4. The largest absolute Gasteiger partial charge is 0.491 e. The Morgan fingerprint density at radius 3 is 2.78 bits per heavy atom. The van der Waals surface area contributed by atoms with Gasteiger partial charge in [-0.15, -0.1) is 0 Å². The van der Waals surface area contributed by atoms with Crippen LogP contribution in [-0.4, -0.2) is 23.6 Å². The first-order chi connectivity index (χ1) is 11.0. The Morgan fingerprint density at radius 2 is 2.13 bits per heavy atom. The molecule has 1 aliphatic rings. The highest BCUT2D eigenvalue weighted by Gasteiger charge is 2.23. The van der Waals surface area contributed by atoms with Crippen LogP contribution in [0.2, 0.25) is 0 Å². The summed E-state index contributed by atoms with van der Waals surface area (Å²) in [5.41, 5.74) is 0.171. The van der Waals surface area contributed by atoms with Gasteiger partial charge >= 0.3 is 5.97 Å². The van der Waals surface area contributed by atoms with Gasteiger partial charge < -0.3 is 19.6 Å². The lowest BCUT2D eigenvalue weighted by Crippen LogP contribution is -2.13. The number of rotatable bonds is 6. The van der Waals surface area contributed by atoms with E-state index < -0.39 is 17.7 Å². The third-order valence-electron chi connectivity index (χ3n) is 3.43. The molecular formula is C16H14FNO5. The number of amides is 1. The highest BCUT2D eigenvalue weighted by atomic mass is 19.1. The van der Waals surface area contributed by atoms with Crippen LogP contribution in [-0.2, 0) is 0 Å². The average molecular weight is 319 g/mol. The number of carbonyl (C=O) groups is 2. The van der Waals surface area contributed by atoms with E-state index in [4.69, 9.17) is 14.3 Å². The molecule has 1 heterocycles. The summed E-state index contributed by atoms with van der Waals surface area (Å²) in [6.45, 7) is 0.468. The molecule has 2 N–H and O–H groups in total. The van der Waals surface area contributed by atoms with Crippen molar-refractivity contribution in [2.45, 2.75) is 12.8 Å². The van der Waals surface area contributed by atoms with E-state index in [1.807, 2.05) is 0 Å². The number of benzene rings is 1. The molecule has 120 valence electrons. The molecular weight excluding hydrogens is 305 g/mol. The maximum Gasteiger partial charge on any atom is 0.338 e. The number of carboxylic acids is 1. The number of anilines is 1. The van der Waals surface area contributed by atoms with Gasteiger partial charge in [0, 0.05) is 12.1 Å². The number of carboxylic acid groups (broad SMARTS) is 1. The summed E-state index contributed by atoms with van der Waals surface area (Å²) in [7, 11) is 0. The summed E-state index contributed by atoms with van der Waals surface area (Å²) < 4.78 is 23.8. The van der Waals surface area contributed by atoms with Crippen molar-refractivity contribution in [3.63, 3.8) is 0 Å². The van der Waals surface area contributed by atoms with Crippen LogP contribution in [0.1, 0.15) is 33.8 Å². The molecule has 0 bridgehead atoms. The Balaban J connectivity index is 1.74. The van der Waals surface area contributed by atoms with E-state index in [1.54, 1.807) is 0 Å². The van der Waals surface area contributed by atoms with Crippen molar-refractivity contribution in [2.75, 3.05) is 11.9 Å². The number of furan rings is 1. The first-order valence-corrected chi connectivity index (χ1v) is 7.08. The van der Waals surface area contributed by atoms with Gasteiger partial charge in [0.15, 0.2) is 5.76 Å². The topological polar surface area (TPSA) is 88.8 Å². The maximum absolute atomic E-state index is 13.4. The fourth-order valence-corrected chi connectivity index (χ4v) is 1.96. The van der Waals surface area contributed by atoms with Gasteiger partial charge in [-0.2, -0.15) is 0 Å². The van der Waals surface area contributed by atoms with Gasteiger partial charge in [-0.05, 0) is 30.9 Å². The number of carbonyl (C=O) groups excluding carboxylic acids is 1. The van der Waals surface area contributed by atoms with Gasteiger partial charge in [-0.25, -0.2) is 9.18 Å². The minimum Gasteiger partial charge on any atom is -0.491 e. The van der Waals surface area contributed by atoms with E-state index in [1.165, 1.54) is 18.2 Å². The normalized spacial score (nSPS) is 13.6. The summed E-state index contributed by atoms with van der Waals surface area (Å²) in [5, 5.41) is 11.4. The molecule has 1 amide bonds. The molecule has 1 aromatic heterocycles. The summed E-state index contributed by atoms with van der Waals surface area (Å²) in [4.78, 5) is 22.9. The molecule has 1 saturated carbocycles. The minimum atomic E-state index is -1.19. The van der Waals surface area contributed by atoms with Crippen molar-refractivity contribution >= 4 is 17.6 Å². The predicted octanol–water partition coefficient (Wildman–Crippen LogP) is 3.16. The Hall–Kier alpha value is -2.83. The van der Waals surface area contributed by atoms with Crippen molar-refractivity contribution in [2.24, 2.45) is 5.92 Å². The van der Waals surface area contributed by atoms with Crippen LogP contribution in [0.5, 0.6) is 5.75 Å². The predicted molar refractivity (Wildman–Crippen MR) is 78.2 cm³/mol. The van der Waals surface area contributed by atoms with Crippen LogP contribution in [0.15, 0.2) is 34.9 Å². The second kappa shape index (κ2) is 6.12. The molecule has 23 heavy (non-hydrogen) atoms. The molecule has 1 aromatic carbocycles. The van der Waals surface area contributed by atoms with Crippen LogP contribution in [0.4, 0.5) is 10.1 Å². The molecule has 0 spiro atoms. The fourth-order valence-electron chi connectivity index (χ4n) is 1.96. The number of aromatic carboxylic acids is 1. The summed E-state index contributed by atoms with van der Waals surface area (Å²) in [6, 6.07) is 4.90. The minimum absolute atomic E-state index is 0.125. The summed E-state index contributed by atoms with van der Waals surface area (Å²) >= 11 is 0. The highest BCUT2D eigenvalue weighted by Crippen LogP contribution is 2.32. The Bertz CT molecular complexity index is 751. The SMILES string of the molecule is O=C(O)c1coc(C(=O)Nc2ccc(F)cc2OCC2CC2)c1. The van der Waals surface area contributed by atoms with Gasteiger partial charge in [0.2, 0.25) is 0 Å². The molecule has 0 aliphatic heterocycles. The zero-order chi connectivity index (χ0) is 16.4. The zero-order valence-electron chi connectivity index (χ0n) is 12.0. The van der Waals surface area contributed by atoms with E-state index in [0.717, 1.165) is 25.2 Å². The third-order valence-corrected chi connectivity index (χ3v) is 3.43. The lowest BCUT2D eigenvalue weighted by atomic mass is 10.2.